The van der Waals surface area contributed by atoms with Crippen LogP contribution in [0, 0.1) is 0 Å². The fourth-order valence-corrected chi connectivity index (χ4v) is 2.59. The summed E-state index contributed by atoms with van der Waals surface area (Å²) in [5, 5.41) is 10.7. The third-order valence-corrected chi connectivity index (χ3v) is 3.75. The molecule has 1 amide bonds. The van der Waals surface area contributed by atoms with Gasteiger partial charge in [-0.1, -0.05) is 0 Å². The van der Waals surface area contributed by atoms with Crippen molar-refractivity contribution in [1.82, 2.24) is 25.1 Å². The Labute approximate surface area is 138 Å². The molecule has 2 aromatic heterocycles. The monoisotopic (exact) mass is 327 g/mol. The van der Waals surface area contributed by atoms with Gasteiger partial charge in [-0.3, -0.25) is 14.2 Å². The topological polar surface area (TPSA) is 99.0 Å². The number of imidazole rings is 1. The van der Waals surface area contributed by atoms with Crippen LogP contribution in [0.25, 0.3) is 5.82 Å². The van der Waals surface area contributed by atoms with E-state index >= 15 is 0 Å². The maximum Gasteiger partial charge on any atom is 0.275 e. The van der Waals surface area contributed by atoms with E-state index in [1.54, 1.807) is 35.4 Å². The Balaban J connectivity index is 1.72. The van der Waals surface area contributed by atoms with Crippen molar-refractivity contribution in [2.75, 3.05) is 13.7 Å². The van der Waals surface area contributed by atoms with Crippen molar-refractivity contribution < 1.29 is 14.3 Å². The molecule has 0 aromatic carbocycles. The zero-order valence-corrected chi connectivity index (χ0v) is 13.2. The first-order valence-corrected chi connectivity index (χ1v) is 7.56. The summed E-state index contributed by atoms with van der Waals surface area (Å²) in [6.07, 6.45) is 7.13. The second-order valence-corrected chi connectivity index (χ2v) is 5.37. The fraction of sp³-hybridized carbons (Fsp3) is 0.312. The molecule has 0 unspecified atom stereocenters. The number of rotatable bonds is 6. The molecule has 0 spiro atoms. The molecule has 24 heavy (non-hydrogen) atoms. The Morgan fingerprint density at radius 3 is 2.83 bits per heavy atom. The lowest BCUT2D eigenvalue weighted by Gasteiger charge is -2.08. The highest BCUT2D eigenvalue weighted by atomic mass is 16.5. The summed E-state index contributed by atoms with van der Waals surface area (Å²) < 4.78 is 6.57. The van der Waals surface area contributed by atoms with Gasteiger partial charge in [-0.05, 0) is 31.4 Å². The maximum atomic E-state index is 12.3. The van der Waals surface area contributed by atoms with E-state index in [-0.39, 0.29) is 24.0 Å². The number of amides is 1. The molecule has 2 aromatic rings. The number of allylic oxidation sites excluding steroid dienone is 1. The number of carbonyl (C=O) groups excluding carboxylic acids is 2. The van der Waals surface area contributed by atoms with Crippen molar-refractivity contribution in [2.45, 2.75) is 19.3 Å². The van der Waals surface area contributed by atoms with Crippen molar-refractivity contribution in [3.8, 4) is 5.82 Å². The molecular formula is C16H17N5O3. The molecule has 0 atom stereocenters. The number of nitrogens with zero attached hydrogens (tertiary/aromatic N) is 4. The third-order valence-electron chi connectivity index (χ3n) is 3.75. The van der Waals surface area contributed by atoms with Crippen molar-refractivity contribution >= 4 is 11.7 Å². The van der Waals surface area contributed by atoms with Crippen molar-refractivity contribution in [3.63, 3.8) is 0 Å². The molecule has 3 rings (SSSR count). The van der Waals surface area contributed by atoms with E-state index in [1.165, 1.54) is 7.11 Å². The van der Waals surface area contributed by atoms with Crippen molar-refractivity contribution in [2.24, 2.45) is 0 Å². The molecule has 0 aliphatic heterocycles. The third kappa shape index (κ3) is 3.38. The number of Topliss-reactive ketones (excluding diaryl/α,β-unsaturated/α-hetero) is 1. The van der Waals surface area contributed by atoms with E-state index < -0.39 is 0 Å². The first-order chi connectivity index (χ1) is 11.7. The second-order valence-electron chi connectivity index (χ2n) is 5.37. The quantitative estimate of drug-likeness (QED) is 0.851. The number of hydrogen-bond donors (Lipinski definition) is 1. The maximum absolute atomic E-state index is 12.3. The van der Waals surface area contributed by atoms with Gasteiger partial charge in [0.25, 0.3) is 5.91 Å². The van der Waals surface area contributed by atoms with Crippen molar-refractivity contribution in [3.05, 3.63) is 47.8 Å². The summed E-state index contributed by atoms with van der Waals surface area (Å²) in [5.74, 6) is 0.103. The summed E-state index contributed by atoms with van der Waals surface area (Å²) in [5.41, 5.74) is 1.48. The predicted octanol–water partition coefficient (Wildman–Crippen LogP) is 1.05. The Bertz CT molecular complexity index is 766. The highest BCUT2D eigenvalue weighted by molar-refractivity contribution is 5.99. The van der Waals surface area contributed by atoms with E-state index in [9.17, 15) is 9.59 Å². The van der Waals surface area contributed by atoms with Gasteiger partial charge >= 0.3 is 0 Å². The molecule has 1 N–H and O–H groups in total. The molecule has 124 valence electrons. The summed E-state index contributed by atoms with van der Waals surface area (Å²) in [6, 6.07) is 3.27. The molecule has 0 saturated heterocycles. The molecule has 0 fully saturated rings. The summed E-state index contributed by atoms with van der Waals surface area (Å²) in [7, 11) is 1.48. The Morgan fingerprint density at radius 1 is 1.29 bits per heavy atom. The van der Waals surface area contributed by atoms with E-state index in [4.69, 9.17) is 4.74 Å². The molecule has 2 heterocycles. The average molecular weight is 327 g/mol. The summed E-state index contributed by atoms with van der Waals surface area (Å²) in [4.78, 5) is 28.2. The molecular weight excluding hydrogens is 310 g/mol. The standard InChI is InChI=1S/C16H17N5O3/c1-24-9-14(22)11-3-2-4-12(11)18-16(23)13-5-6-15(20-19-13)21-8-7-17-10-21/h5-8,10H,2-4,9H2,1H3,(H,18,23). The SMILES string of the molecule is COCC(=O)C1=C(NC(=O)c2ccc(-n3ccnc3)nn2)CCC1. The number of methoxy groups -OCH3 is 1. The first-order valence-electron chi connectivity index (χ1n) is 7.56. The molecule has 8 heteroatoms. The normalized spacial score (nSPS) is 14.0. The van der Waals surface area contributed by atoms with Crippen LogP contribution < -0.4 is 5.32 Å². The van der Waals surface area contributed by atoms with Crippen LogP contribution >= 0.6 is 0 Å². The van der Waals surface area contributed by atoms with Gasteiger partial charge in [0.05, 0.1) is 0 Å². The van der Waals surface area contributed by atoms with E-state index in [0.29, 0.717) is 29.9 Å². The van der Waals surface area contributed by atoms with Gasteiger partial charge in [-0.2, -0.15) is 0 Å². The van der Waals surface area contributed by atoms with Gasteiger partial charge in [0.1, 0.15) is 12.9 Å². The summed E-state index contributed by atoms with van der Waals surface area (Å²) in [6.45, 7) is 0.0219. The van der Waals surface area contributed by atoms with Crippen LogP contribution in [-0.4, -0.2) is 45.2 Å². The van der Waals surface area contributed by atoms with Crippen LogP contribution in [0.15, 0.2) is 42.1 Å². The van der Waals surface area contributed by atoms with Gasteiger partial charge in [0.2, 0.25) is 0 Å². The molecule has 0 bridgehead atoms. The highest BCUT2D eigenvalue weighted by Crippen LogP contribution is 2.25. The molecule has 0 radical (unpaired) electrons. The minimum absolute atomic E-state index is 0.0219. The van der Waals surface area contributed by atoms with E-state index in [0.717, 1.165) is 6.42 Å². The minimum Gasteiger partial charge on any atom is -0.377 e. The first kappa shape index (κ1) is 16.0. The lowest BCUT2D eigenvalue weighted by atomic mass is 10.1. The smallest absolute Gasteiger partial charge is 0.275 e. The van der Waals surface area contributed by atoms with Crippen LogP contribution in [0.4, 0.5) is 0 Å². The largest absolute Gasteiger partial charge is 0.377 e. The van der Waals surface area contributed by atoms with E-state index in [2.05, 4.69) is 20.5 Å². The molecule has 8 nitrogen and oxygen atoms in total. The lowest BCUT2D eigenvalue weighted by Crippen LogP contribution is -2.25. The van der Waals surface area contributed by atoms with Crippen molar-refractivity contribution in [1.29, 1.82) is 0 Å². The number of nitrogens with one attached hydrogen (secondary N) is 1. The Morgan fingerprint density at radius 2 is 2.17 bits per heavy atom. The van der Waals surface area contributed by atoms with Gasteiger partial charge in [-0.25, -0.2) is 4.98 Å². The van der Waals surface area contributed by atoms with Gasteiger partial charge in [0.15, 0.2) is 17.3 Å². The fourth-order valence-electron chi connectivity index (χ4n) is 2.59. The highest BCUT2D eigenvalue weighted by Gasteiger charge is 2.23. The average Bonchev–Trinajstić information content (AvgIpc) is 3.27. The summed E-state index contributed by atoms with van der Waals surface area (Å²) >= 11 is 0. The second kappa shape index (κ2) is 7.14. The van der Waals surface area contributed by atoms with Gasteiger partial charge in [0, 0.05) is 30.8 Å². The molecule has 0 saturated carbocycles. The number of hydrogen-bond acceptors (Lipinski definition) is 6. The number of ketones is 1. The molecule has 1 aliphatic rings. The van der Waals surface area contributed by atoms with Gasteiger partial charge in [-0.15, -0.1) is 10.2 Å². The van der Waals surface area contributed by atoms with Crippen LogP contribution in [0.2, 0.25) is 0 Å². The van der Waals surface area contributed by atoms with Crippen LogP contribution in [0.1, 0.15) is 29.8 Å². The Kier molecular flexibility index (Phi) is 4.76. The van der Waals surface area contributed by atoms with Crippen LogP contribution in [-0.2, 0) is 9.53 Å². The Hall–Kier alpha value is -2.87. The molecule has 1 aliphatic carbocycles. The zero-order valence-electron chi connectivity index (χ0n) is 13.2. The van der Waals surface area contributed by atoms with Gasteiger partial charge < -0.3 is 10.1 Å². The zero-order chi connectivity index (χ0) is 16.9. The number of carbonyl (C=O) groups is 2. The number of aromatic nitrogens is 4. The lowest BCUT2D eigenvalue weighted by molar-refractivity contribution is -0.119. The van der Waals surface area contributed by atoms with E-state index in [1.807, 2.05) is 0 Å². The van der Waals surface area contributed by atoms with Crippen LogP contribution in [0.5, 0.6) is 0 Å². The minimum atomic E-state index is -0.376. The van der Waals surface area contributed by atoms with Crippen LogP contribution in [0.3, 0.4) is 0 Å². The number of ether oxygens (including phenoxy) is 1. The predicted molar refractivity (Wildman–Crippen MR) is 84.4 cm³/mol.